The topological polar surface area (TPSA) is 49.4 Å². The first kappa shape index (κ1) is 15.5. The smallest absolute Gasteiger partial charge is 0.254 e. The highest BCUT2D eigenvalue weighted by Gasteiger charge is 2.35. The van der Waals surface area contributed by atoms with Crippen LogP contribution in [0.4, 0.5) is 5.69 Å². The van der Waals surface area contributed by atoms with Crippen LogP contribution in [0.5, 0.6) is 0 Å². The minimum Gasteiger partial charge on any atom is -0.340 e. The monoisotopic (exact) mass is 288 g/mol. The number of fused-ring (bicyclic) bond motifs is 1. The van der Waals surface area contributed by atoms with Crippen LogP contribution in [0.1, 0.15) is 44.5 Å². The fraction of sp³-hybridized carbons (Fsp3) is 0.529. The number of nitrogens with zero attached hydrogens (tertiary/aromatic N) is 1. The molecule has 1 aromatic rings. The lowest BCUT2D eigenvalue weighted by Crippen LogP contribution is -2.49. The molecule has 2 rings (SSSR count). The second-order valence-corrected chi connectivity index (χ2v) is 6.17. The Morgan fingerprint density at radius 3 is 2.48 bits per heavy atom. The molecule has 1 aromatic carbocycles. The zero-order valence-corrected chi connectivity index (χ0v) is 13.2. The number of amides is 2. The number of para-hydroxylation sites is 1. The van der Waals surface area contributed by atoms with E-state index >= 15 is 0 Å². The van der Waals surface area contributed by atoms with Crippen molar-refractivity contribution in [2.75, 3.05) is 11.4 Å². The van der Waals surface area contributed by atoms with Gasteiger partial charge in [0.25, 0.3) is 5.91 Å². The quantitative estimate of drug-likeness (QED) is 0.926. The number of carbonyl (C=O) groups is 2. The second-order valence-electron chi connectivity index (χ2n) is 6.17. The highest BCUT2D eigenvalue weighted by molar-refractivity contribution is 6.11. The predicted octanol–water partition coefficient (Wildman–Crippen LogP) is 2.83. The minimum absolute atomic E-state index is 0.0106. The van der Waals surface area contributed by atoms with E-state index in [2.05, 4.69) is 19.2 Å². The SMILES string of the molecule is CCC(C)CN1C(=O)C(C(C)C)NC(=O)c2ccccc21. The summed E-state index contributed by atoms with van der Waals surface area (Å²) < 4.78 is 0. The summed E-state index contributed by atoms with van der Waals surface area (Å²) in [5, 5.41) is 2.88. The molecule has 1 aliphatic rings. The van der Waals surface area contributed by atoms with Gasteiger partial charge in [0, 0.05) is 6.54 Å². The molecule has 4 heteroatoms. The summed E-state index contributed by atoms with van der Waals surface area (Å²) in [7, 11) is 0. The molecule has 1 aliphatic heterocycles. The summed E-state index contributed by atoms with van der Waals surface area (Å²) in [4.78, 5) is 27.0. The first-order valence-corrected chi connectivity index (χ1v) is 7.67. The number of nitrogens with one attached hydrogen (secondary N) is 1. The Labute approximate surface area is 126 Å². The van der Waals surface area contributed by atoms with Crippen LogP contribution in [0.25, 0.3) is 0 Å². The van der Waals surface area contributed by atoms with Gasteiger partial charge in [-0.2, -0.15) is 0 Å². The number of carbonyl (C=O) groups excluding carboxylic acids is 2. The Bertz CT molecular complexity index is 539. The average molecular weight is 288 g/mol. The highest BCUT2D eigenvalue weighted by Crippen LogP contribution is 2.27. The summed E-state index contributed by atoms with van der Waals surface area (Å²) in [5.41, 5.74) is 1.31. The molecule has 2 atom stereocenters. The van der Waals surface area contributed by atoms with Crippen molar-refractivity contribution in [3.05, 3.63) is 29.8 Å². The van der Waals surface area contributed by atoms with Crippen LogP contribution >= 0.6 is 0 Å². The molecule has 21 heavy (non-hydrogen) atoms. The number of hydrogen-bond donors (Lipinski definition) is 1. The lowest BCUT2D eigenvalue weighted by atomic mass is 10.0. The zero-order valence-electron chi connectivity index (χ0n) is 13.2. The Balaban J connectivity index is 2.47. The Kier molecular flexibility index (Phi) is 4.66. The lowest BCUT2D eigenvalue weighted by Gasteiger charge is -2.29. The molecule has 114 valence electrons. The average Bonchev–Trinajstić information content (AvgIpc) is 2.57. The molecule has 1 N–H and O–H groups in total. The Hall–Kier alpha value is -1.84. The van der Waals surface area contributed by atoms with E-state index in [1.165, 1.54) is 0 Å². The molecule has 0 saturated carbocycles. The largest absolute Gasteiger partial charge is 0.340 e. The number of hydrogen-bond acceptors (Lipinski definition) is 2. The maximum Gasteiger partial charge on any atom is 0.254 e. The second kappa shape index (κ2) is 6.29. The van der Waals surface area contributed by atoms with Crippen molar-refractivity contribution < 1.29 is 9.59 Å². The predicted molar refractivity (Wildman–Crippen MR) is 84.3 cm³/mol. The van der Waals surface area contributed by atoms with Gasteiger partial charge < -0.3 is 10.2 Å². The maximum atomic E-state index is 12.9. The van der Waals surface area contributed by atoms with Crippen molar-refractivity contribution in [1.82, 2.24) is 5.32 Å². The van der Waals surface area contributed by atoms with Crippen molar-refractivity contribution in [2.24, 2.45) is 11.8 Å². The van der Waals surface area contributed by atoms with Crippen LogP contribution in [0.2, 0.25) is 0 Å². The summed E-state index contributed by atoms with van der Waals surface area (Å²) >= 11 is 0. The first-order chi connectivity index (χ1) is 9.95. The molecule has 2 unspecified atom stereocenters. The molecule has 0 aliphatic carbocycles. The number of rotatable bonds is 4. The molecule has 1 heterocycles. The molecular weight excluding hydrogens is 264 g/mol. The summed E-state index contributed by atoms with van der Waals surface area (Å²) in [6.45, 7) is 8.80. The van der Waals surface area contributed by atoms with Crippen molar-refractivity contribution in [3.8, 4) is 0 Å². The van der Waals surface area contributed by atoms with Crippen molar-refractivity contribution in [1.29, 1.82) is 0 Å². The standard InChI is InChI=1S/C17H24N2O2/c1-5-12(4)10-19-14-9-7-6-8-13(14)16(20)18-15(11(2)3)17(19)21/h6-9,11-12,15H,5,10H2,1-4H3,(H,18,20). The van der Waals surface area contributed by atoms with Crippen LogP contribution in [0.15, 0.2) is 24.3 Å². The molecule has 0 saturated heterocycles. The van der Waals surface area contributed by atoms with Crippen LogP contribution in [-0.4, -0.2) is 24.4 Å². The van der Waals surface area contributed by atoms with Gasteiger partial charge in [0.1, 0.15) is 6.04 Å². The normalized spacial score (nSPS) is 20.0. The van der Waals surface area contributed by atoms with Gasteiger partial charge in [-0.05, 0) is 24.0 Å². The fourth-order valence-corrected chi connectivity index (χ4v) is 2.55. The van der Waals surface area contributed by atoms with Gasteiger partial charge >= 0.3 is 0 Å². The molecule has 0 radical (unpaired) electrons. The van der Waals surface area contributed by atoms with E-state index in [1.807, 2.05) is 32.0 Å². The summed E-state index contributed by atoms with van der Waals surface area (Å²) in [6.07, 6.45) is 1.000. The van der Waals surface area contributed by atoms with Crippen molar-refractivity contribution in [3.63, 3.8) is 0 Å². The van der Waals surface area contributed by atoms with Crippen LogP contribution in [0.3, 0.4) is 0 Å². The summed E-state index contributed by atoms with van der Waals surface area (Å²) in [5.74, 6) is 0.283. The Morgan fingerprint density at radius 2 is 1.86 bits per heavy atom. The fourth-order valence-electron chi connectivity index (χ4n) is 2.55. The van der Waals surface area contributed by atoms with Gasteiger partial charge in [0.15, 0.2) is 0 Å². The summed E-state index contributed by atoms with van der Waals surface area (Å²) in [6, 6.07) is 6.88. The molecule has 0 fully saturated rings. The van der Waals surface area contributed by atoms with Crippen LogP contribution in [0, 0.1) is 11.8 Å². The van der Waals surface area contributed by atoms with Gasteiger partial charge in [-0.15, -0.1) is 0 Å². The minimum atomic E-state index is -0.464. The third-order valence-corrected chi connectivity index (χ3v) is 4.12. The van der Waals surface area contributed by atoms with Gasteiger partial charge in [-0.25, -0.2) is 0 Å². The van der Waals surface area contributed by atoms with Gasteiger partial charge in [0.2, 0.25) is 5.91 Å². The van der Waals surface area contributed by atoms with Crippen molar-refractivity contribution in [2.45, 2.75) is 40.2 Å². The van der Waals surface area contributed by atoms with Crippen LogP contribution < -0.4 is 10.2 Å². The molecule has 0 aromatic heterocycles. The van der Waals surface area contributed by atoms with E-state index in [9.17, 15) is 9.59 Å². The third kappa shape index (κ3) is 3.09. The molecule has 0 spiro atoms. The van der Waals surface area contributed by atoms with E-state index in [0.29, 0.717) is 18.0 Å². The number of benzene rings is 1. The van der Waals surface area contributed by atoms with Gasteiger partial charge in [-0.3, -0.25) is 9.59 Å². The van der Waals surface area contributed by atoms with Crippen LogP contribution in [-0.2, 0) is 4.79 Å². The van der Waals surface area contributed by atoms with Gasteiger partial charge in [0.05, 0.1) is 11.3 Å². The third-order valence-electron chi connectivity index (χ3n) is 4.12. The van der Waals surface area contributed by atoms with Crippen molar-refractivity contribution >= 4 is 17.5 Å². The van der Waals surface area contributed by atoms with E-state index < -0.39 is 6.04 Å². The number of anilines is 1. The Morgan fingerprint density at radius 1 is 1.19 bits per heavy atom. The molecule has 4 nitrogen and oxygen atoms in total. The first-order valence-electron chi connectivity index (χ1n) is 7.67. The molecule has 2 amide bonds. The van der Waals surface area contributed by atoms with E-state index in [0.717, 1.165) is 12.1 Å². The lowest BCUT2D eigenvalue weighted by molar-refractivity contribution is -0.121. The van der Waals surface area contributed by atoms with Gasteiger partial charge in [-0.1, -0.05) is 46.2 Å². The maximum absolute atomic E-state index is 12.9. The van der Waals surface area contributed by atoms with E-state index in [-0.39, 0.29) is 17.7 Å². The molecular formula is C17H24N2O2. The molecule has 0 bridgehead atoms. The highest BCUT2D eigenvalue weighted by atomic mass is 16.2. The van der Waals surface area contributed by atoms with E-state index in [4.69, 9.17) is 0 Å². The zero-order chi connectivity index (χ0) is 15.6. The van der Waals surface area contributed by atoms with E-state index in [1.54, 1.807) is 11.0 Å².